The van der Waals surface area contributed by atoms with Gasteiger partial charge < -0.3 is 20.3 Å². The number of aliphatic hydroxyl groups excluding tert-OH is 1. The highest BCUT2D eigenvalue weighted by Gasteiger charge is 2.38. The Bertz CT molecular complexity index is 1040. The second kappa shape index (κ2) is 17.8. The zero-order chi connectivity index (χ0) is 32.3. The number of benzene rings is 1. The predicted molar refractivity (Wildman–Crippen MR) is 175 cm³/mol. The Morgan fingerprint density at radius 2 is 1.67 bits per heavy atom. The molecule has 12 atom stereocenters. The summed E-state index contributed by atoms with van der Waals surface area (Å²) in [6.45, 7) is 19.6. The number of esters is 1. The molecule has 0 radical (unpaired) electrons. The van der Waals surface area contributed by atoms with Crippen molar-refractivity contribution in [2.24, 2.45) is 53.1 Å². The molecule has 0 saturated carbocycles. The summed E-state index contributed by atoms with van der Waals surface area (Å²) in [5.74, 6) is 0.828. The van der Waals surface area contributed by atoms with Crippen LogP contribution in [0.5, 0.6) is 0 Å². The number of hydrogen-bond acceptors (Lipinski definition) is 6. The average Bonchev–Trinajstić information content (AvgIpc) is 2.98. The van der Waals surface area contributed by atoms with Crippen molar-refractivity contribution in [3.05, 3.63) is 59.7 Å². The molecule has 1 aliphatic heterocycles. The molecule has 1 aromatic rings. The van der Waals surface area contributed by atoms with E-state index in [0.29, 0.717) is 18.3 Å². The van der Waals surface area contributed by atoms with Gasteiger partial charge >= 0.3 is 5.97 Å². The third kappa shape index (κ3) is 10.9. The molecule has 6 nitrogen and oxygen atoms in total. The lowest BCUT2D eigenvalue weighted by molar-refractivity contribution is -0.166. The van der Waals surface area contributed by atoms with Crippen LogP contribution in [-0.4, -0.2) is 41.9 Å². The van der Waals surface area contributed by atoms with Gasteiger partial charge in [-0.05, 0) is 61.8 Å². The molecular formula is C37H59NO5. The van der Waals surface area contributed by atoms with E-state index in [1.54, 1.807) is 0 Å². The molecule has 0 aromatic heterocycles. The van der Waals surface area contributed by atoms with Crippen molar-refractivity contribution < 1.29 is 24.2 Å². The zero-order valence-electron chi connectivity index (χ0n) is 28.1. The summed E-state index contributed by atoms with van der Waals surface area (Å²) in [5.41, 5.74) is 8.73. The number of hydrogen-bond donors (Lipinski definition) is 2. The van der Waals surface area contributed by atoms with Crippen LogP contribution in [-0.2, 0) is 25.5 Å². The minimum atomic E-state index is -0.497. The molecule has 1 aliphatic rings. The van der Waals surface area contributed by atoms with Gasteiger partial charge in [0.25, 0.3) is 6.47 Å². The van der Waals surface area contributed by atoms with Gasteiger partial charge in [-0.2, -0.15) is 0 Å². The van der Waals surface area contributed by atoms with E-state index >= 15 is 0 Å². The number of nitrogens with two attached hydrogens (primary N) is 1. The Morgan fingerprint density at radius 3 is 2.30 bits per heavy atom. The number of rotatable bonds is 17. The number of ether oxygens (including phenoxy) is 2. The number of allylic oxidation sites excluding steroid dienone is 2. The number of cyclic esters (lactones) is 1. The molecular weight excluding hydrogens is 538 g/mol. The molecule has 3 N–H and O–H groups in total. The lowest BCUT2D eigenvalue weighted by atomic mass is 9.75. The van der Waals surface area contributed by atoms with Gasteiger partial charge in [-0.25, -0.2) is 0 Å². The van der Waals surface area contributed by atoms with Crippen LogP contribution in [0, 0.1) is 47.3 Å². The van der Waals surface area contributed by atoms with Gasteiger partial charge in [0.1, 0.15) is 12.2 Å². The summed E-state index contributed by atoms with van der Waals surface area (Å²) in [6, 6.07) is 10.2. The number of aliphatic hydroxyl groups is 1. The summed E-state index contributed by atoms with van der Waals surface area (Å²) in [6.07, 6.45) is 8.85. The van der Waals surface area contributed by atoms with E-state index in [0.717, 1.165) is 25.7 Å². The fourth-order valence-corrected chi connectivity index (χ4v) is 6.78. The number of carbonyl (C=O) groups is 2. The topological polar surface area (TPSA) is 98.8 Å². The monoisotopic (exact) mass is 597 g/mol. The van der Waals surface area contributed by atoms with Gasteiger partial charge in [0.05, 0.1) is 12.0 Å². The van der Waals surface area contributed by atoms with Gasteiger partial charge in [0.15, 0.2) is 0 Å². The van der Waals surface area contributed by atoms with Crippen LogP contribution in [0.1, 0.15) is 87.1 Å². The Labute approximate surface area is 261 Å². The van der Waals surface area contributed by atoms with Gasteiger partial charge in [-0.3, -0.25) is 9.59 Å². The van der Waals surface area contributed by atoms with Crippen molar-refractivity contribution in [1.82, 2.24) is 0 Å². The minimum Gasteiger partial charge on any atom is -0.464 e. The molecule has 1 saturated heterocycles. The molecule has 242 valence electrons. The molecule has 1 heterocycles. The van der Waals surface area contributed by atoms with Crippen LogP contribution in [0.2, 0.25) is 0 Å². The Kier molecular flexibility index (Phi) is 15.2. The highest BCUT2D eigenvalue weighted by atomic mass is 16.5. The first-order valence-corrected chi connectivity index (χ1v) is 16.4. The predicted octanol–water partition coefficient (Wildman–Crippen LogP) is 7.15. The van der Waals surface area contributed by atoms with Gasteiger partial charge in [-0.15, -0.1) is 0 Å². The first-order chi connectivity index (χ1) is 20.3. The Balaban J connectivity index is 1.89. The van der Waals surface area contributed by atoms with Crippen molar-refractivity contribution in [3.63, 3.8) is 0 Å². The van der Waals surface area contributed by atoms with Crippen molar-refractivity contribution in [2.75, 3.05) is 0 Å². The van der Waals surface area contributed by atoms with E-state index in [1.165, 1.54) is 11.1 Å². The molecule has 6 heteroatoms. The fourth-order valence-electron chi connectivity index (χ4n) is 6.78. The molecule has 43 heavy (non-hydrogen) atoms. The second-order valence-corrected chi connectivity index (χ2v) is 13.7. The van der Waals surface area contributed by atoms with Crippen LogP contribution < -0.4 is 5.73 Å². The maximum atomic E-state index is 12.1. The van der Waals surface area contributed by atoms with Crippen molar-refractivity contribution >= 4 is 12.4 Å². The van der Waals surface area contributed by atoms with Gasteiger partial charge in [0, 0.05) is 23.8 Å². The molecule has 0 aliphatic carbocycles. The van der Waals surface area contributed by atoms with Crippen LogP contribution in [0.15, 0.2) is 54.1 Å². The molecule has 0 spiro atoms. The molecule has 1 fully saturated rings. The summed E-state index contributed by atoms with van der Waals surface area (Å²) >= 11 is 0. The lowest BCUT2D eigenvalue weighted by Crippen LogP contribution is -2.51. The SMILES string of the molecule is C/C(=C/[C@H](C)[C@@H](O)[C@@H](C)/C=C\CC[C@@H]1OC(=O)[C@H](C)[C@@H](N)[C@H]1C)C[C@H](C)[C@@H](C)[C@H](C)[C@@H](OC=O)[C@@H](C)Cc1ccccc1. The second-order valence-electron chi connectivity index (χ2n) is 13.7. The van der Waals surface area contributed by atoms with Crippen molar-refractivity contribution in [2.45, 2.75) is 112 Å². The molecule has 0 amide bonds. The highest BCUT2D eigenvalue weighted by Crippen LogP contribution is 2.33. The van der Waals surface area contributed by atoms with Crippen molar-refractivity contribution in [1.29, 1.82) is 0 Å². The Morgan fingerprint density at radius 1 is 1.02 bits per heavy atom. The van der Waals surface area contributed by atoms with E-state index in [2.05, 4.69) is 78.8 Å². The van der Waals surface area contributed by atoms with Crippen LogP contribution >= 0.6 is 0 Å². The smallest absolute Gasteiger partial charge is 0.310 e. The standard InChI is InChI=1S/C37H59NO5/c1-23(19-25(3)28(6)29(7)36(42-22-39)27(5)21-32-16-11-10-12-17-32)20-26(4)35(40)24(2)15-13-14-18-33-30(8)34(38)31(9)37(41)43-33/h10-13,15-17,20,22,24-31,33-36,40H,14,18-19,21,38H2,1-9H3/b15-13-,23-20-/t24-,25-,26-,27-,28+,29-,30-,31+,33-,34-,35-,36-/m0/s1. The van der Waals surface area contributed by atoms with E-state index in [9.17, 15) is 14.7 Å². The van der Waals surface area contributed by atoms with Gasteiger partial charge in [0.2, 0.25) is 0 Å². The van der Waals surface area contributed by atoms with E-state index < -0.39 is 6.10 Å². The molecule has 0 bridgehead atoms. The average molecular weight is 598 g/mol. The first-order valence-electron chi connectivity index (χ1n) is 16.4. The largest absolute Gasteiger partial charge is 0.464 e. The summed E-state index contributed by atoms with van der Waals surface area (Å²) in [4.78, 5) is 23.5. The normalized spacial score (nSPS) is 27.0. The minimum absolute atomic E-state index is 0.00335. The van der Waals surface area contributed by atoms with Crippen molar-refractivity contribution in [3.8, 4) is 0 Å². The van der Waals surface area contributed by atoms with E-state index in [1.807, 2.05) is 32.0 Å². The third-order valence-corrected chi connectivity index (χ3v) is 10.2. The zero-order valence-corrected chi connectivity index (χ0v) is 28.1. The molecule has 0 unspecified atom stereocenters. The summed E-state index contributed by atoms with van der Waals surface area (Å²) < 4.78 is 11.3. The third-order valence-electron chi connectivity index (χ3n) is 10.2. The maximum absolute atomic E-state index is 12.1. The van der Waals surface area contributed by atoms with Gasteiger partial charge in [-0.1, -0.05) is 110 Å². The lowest BCUT2D eigenvalue weighted by Gasteiger charge is -2.37. The van der Waals surface area contributed by atoms with Crippen LogP contribution in [0.3, 0.4) is 0 Å². The molecule has 2 rings (SSSR count). The fraction of sp³-hybridized carbons (Fsp3) is 0.676. The van der Waals surface area contributed by atoms with E-state index in [-0.39, 0.29) is 59.7 Å². The Hall–Kier alpha value is -2.44. The van der Waals surface area contributed by atoms with E-state index in [4.69, 9.17) is 15.2 Å². The maximum Gasteiger partial charge on any atom is 0.310 e. The summed E-state index contributed by atoms with van der Waals surface area (Å²) in [5, 5.41) is 11.0. The first kappa shape index (κ1) is 36.8. The van der Waals surface area contributed by atoms with Crippen LogP contribution in [0.4, 0.5) is 0 Å². The van der Waals surface area contributed by atoms with Crippen LogP contribution in [0.25, 0.3) is 0 Å². The summed E-state index contributed by atoms with van der Waals surface area (Å²) in [7, 11) is 0. The molecule has 1 aromatic carbocycles. The quantitative estimate of drug-likeness (QED) is 0.112. The highest BCUT2D eigenvalue weighted by molar-refractivity contribution is 5.74. The number of carbonyl (C=O) groups excluding carboxylic acids is 2.